The second kappa shape index (κ2) is 5.56. The van der Waals surface area contributed by atoms with Gasteiger partial charge >= 0.3 is 5.97 Å². The van der Waals surface area contributed by atoms with Crippen LogP contribution in [0.5, 0.6) is 0 Å². The van der Waals surface area contributed by atoms with Crippen LogP contribution in [0, 0.1) is 0 Å². The standard InChI is InChI=1S/C14H14N2O4/c1-2-5-15-12(17)8-16-11-6-10(14(19)20)4-3-9(11)7-13(16)18/h2-4,6H,1,5,7-8H2,(H,15,17)(H,19,20). The van der Waals surface area contributed by atoms with Gasteiger partial charge in [0.25, 0.3) is 0 Å². The predicted molar refractivity (Wildman–Crippen MR) is 72.7 cm³/mol. The molecule has 1 aromatic carbocycles. The Labute approximate surface area is 115 Å². The number of fused-ring (bicyclic) bond motifs is 1. The smallest absolute Gasteiger partial charge is 0.335 e. The van der Waals surface area contributed by atoms with Crippen molar-refractivity contribution < 1.29 is 19.5 Å². The first-order chi connectivity index (χ1) is 9.52. The molecule has 6 nitrogen and oxygen atoms in total. The van der Waals surface area contributed by atoms with E-state index < -0.39 is 5.97 Å². The summed E-state index contributed by atoms with van der Waals surface area (Å²) in [4.78, 5) is 35.8. The Kier molecular flexibility index (Phi) is 3.84. The fourth-order valence-corrected chi connectivity index (χ4v) is 2.05. The molecule has 1 aliphatic rings. The summed E-state index contributed by atoms with van der Waals surface area (Å²) in [6.07, 6.45) is 1.73. The maximum atomic E-state index is 11.9. The summed E-state index contributed by atoms with van der Waals surface area (Å²) in [6.45, 7) is 3.69. The molecular weight excluding hydrogens is 260 g/mol. The number of anilines is 1. The second-order valence-corrected chi connectivity index (χ2v) is 4.40. The van der Waals surface area contributed by atoms with Crippen molar-refractivity contribution in [2.75, 3.05) is 18.0 Å². The van der Waals surface area contributed by atoms with Gasteiger partial charge in [0.05, 0.1) is 12.0 Å². The Morgan fingerprint density at radius 2 is 2.20 bits per heavy atom. The van der Waals surface area contributed by atoms with Crippen LogP contribution in [0.3, 0.4) is 0 Å². The van der Waals surface area contributed by atoms with E-state index in [9.17, 15) is 14.4 Å². The van der Waals surface area contributed by atoms with Crippen LogP contribution in [0.4, 0.5) is 5.69 Å². The molecule has 0 spiro atoms. The highest BCUT2D eigenvalue weighted by atomic mass is 16.4. The number of amides is 2. The zero-order valence-electron chi connectivity index (χ0n) is 10.8. The molecule has 2 rings (SSSR count). The van der Waals surface area contributed by atoms with Gasteiger partial charge in [-0.1, -0.05) is 12.1 Å². The highest BCUT2D eigenvalue weighted by molar-refractivity contribution is 6.06. The monoisotopic (exact) mass is 274 g/mol. The Morgan fingerprint density at radius 1 is 1.45 bits per heavy atom. The first-order valence-electron chi connectivity index (χ1n) is 6.07. The van der Waals surface area contributed by atoms with Gasteiger partial charge in [-0.2, -0.15) is 0 Å². The number of hydrogen-bond donors (Lipinski definition) is 2. The van der Waals surface area contributed by atoms with Crippen LogP contribution in [0.1, 0.15) is 15.9 Å². The Balaban J connectivity index is 2.22. The number of aromatic carboxylic acids is 1. The van der Waals surface area contributed by atoms with Crippen LogP contribution in [0.25, 0.3) is 0 Å². The summed E-state index contributed by atoms with van der Waals surface area (Å²) >= 11 is 0. The molecule has 0 fully saturated rings. The molecule has 6 heteroatoms. The van der Waals surface area contributed by atoms with Crippen LogP contribution in [-0.4, -0.2) is 36.0 Å². The SMILES string of the molecule is C=CCNC(=O)CN1C(=O)Cc2ccc(C(=O)O)cc21. The van der Waals surface area contributed by atoms with Gasteiger partial charge in [-0.15, -0.1) is 6.58 Å². The minimum atomic E-state index is -1.07. The lowest BCUT2D eigenvalue weighted by molar-refractivity contribution is -0.123. The summed E-state index contributed by atoms with van der Waals surface area (Å²) in [7, 11) is 0. The van der Waals surface area contributed by atoms with Crippen molar-refractivity contribution in [3.05, 3.63) is 42.0 Å². The molecule has 1 heterocycles. The summed E-state index contributed by atoms with van der Waals surface area (Å²) in [5.74, 6) is -1.59. The van der Waals surface area contributed by atoms with Crippen molar-refractivity contribution in [3.63, 3.8) is 0 Å². The van der Waals surface area contributed by atoms with Crippen molar-refractivity contribution in [1.82, 2.24) is 5.32 Å². The van der Waals surface area contributed by atoms with Crippen molar-refractivity contribution in [1.29, 1.82) is 0 Å². The lowest BCUT2D eigenvalue weighted by atomic mass is 10.1. The molecule has 0 unspecified atom stereocenters. The molecule has 2 N–H and O–H groups in total. The summed E-state index contributed by atoms with van der Waals surface area (Å²) in [5, 5.41) is 11.6. The lowest BCUT2D eigenvalue weighted by Crippen LogP contribution is -2.39. The zero-order valence-corrected chi connectivity index (χ0v) is 10.8. The first-order valence-corrected chi connectivity index (χ1v) is 6.07. The molecule has 1 aliphatic heterocycles. The van der Waals surface area contributed by atoms with Crippen molar-refractivity contribution >= 4 is 23.5 Å². The third-order valence-corrected chi connectivity index (χ3v) is 3.01. The number of benzene rings is 1. The number of rotatable bonds is 5. The van der Waals surface area contributed by atoms with Gasteiger partial charge in [0.2, 0.25) is 11.8 Å². The van der Waals surface area contributed by atoms with E-state index in [0.29, 0.717) is 12.2 Å². The molecule has 2 amide bonds. The molecule has 0 radical (unpaired) electrons. The fraction of sp³-hybridized carbons (Fsp3) is 0.214. The highest BCUT2D eigenvalue weighted by Gasteiger charge is 2.29. The van der Waals surface area contributed by atoms with Gasteiger partial charge in [-0.3, -0.25) is 9.59 Å². The van der Waals surface area contributed by atoms with Crippen molar-refractivity contribution in [3.8, 4) is 0 Å². The lowest BCUT2D eigenvalue weighted by Gasteiger charge is -2.17. The predicted octanol–water partition coefficient (Wildman–Crippen LogP) is 0.576. The molecule has 0 aliphatic carbocycles. The second-order valence-electron chi connectivity index (χ2n) is 4.40. The maximum absolute atomic E-state index is 11.9. The topological polar surface area (TPSA) is 86.7 Å². The number of carbonyl (C=O) groups excluding carboxylic acids is 2. The Bertz CT molecular complexity index is 595. The molecule has 0 saturated carbocycles. The number of carboxylic acids is 1. The molecule has 1 aromatic rings. The number of carboxylic acid groups (broad SMARTS) is 1. The van der Waals surface area contributed by atoms with Crippen LogP contribution >= 0.6 is 0 Å². The van der Waals surface area contributed by atoms with E-state index >= 15 is 0 Å². The highest BCUT2D eigenvalue weighted by Crippen LogP contribution is 2.29. The summed E-state index contributed by atoms with van der Waals surface area (Å²) in [5.41, 5.74) is 1.31. The fourth-order valence-electron chi connectivity index (χ4n) is 2.05. The number of nitrogens with zero attached hydrogens (tertiary/aromatic N) is 1. The largest absolute Gasteiger partial charge is 0.478 e. The molecule has 0 atom stereocenters. The van der Waals surface area contributed by atoms with Crippen molar-refractivity contribution in [2.45, 2.75) is 6.42 Å². The third-order valence-electron chi connectivity index (χ3n) is 3.01. The molecule has 0 bridgehead atoms. The number of hydrogen-bond acceptors (Lipinski definition) is 3. The van der Waals surface area contributed by atoms with Crippen LogP contribution in [-0.2, 0) is 16.0 Å². The van der Waals surface area contributed by atoms with E-state index in [-0.39, 0.29) is 30.3 Å². The van der Waals surface area contributed by atoms with Crippen LogP contribution in [0.15, 0.2) is 30.9 Å². The third kappa shape index (κ3) is 2.69. The normalized spacial score (nSPS) is 13.0. The quantitative estimate of drug-likeness (QED) is 0.769. The van der Waals surface area contributed by atoms with Gasteiger partial charge < -0.3 is 15.3 Å². The molecular formula is C14H14N2O4. The zero-order chi connectivity index (χ0) is 14.7. The van der Waals surface area contributed by atoms with E-state index in [1.807, 2.05) is 0 Å². The average molecular weight is 274 g/mol. The minimum Gasteiger partial charge on any atom is -0.478 e. The van der Waals surface area contributed by atoms with Gasteiger partial charge in [-0.05, 0) is 17.7 Å². The van der Waals surface area contributed by atoms with E-state index in [4.69, 9.17) is 5.11 Å². The Hall–Kier alpha value is -2.63. The van der Waals surface area contributed by atoms with E-state index in [2.05, 4.69) is 11.9 Å². The van der Waals surface area contributed by atoms with E-state index in [0.717, 1.165) is 5.56 Å². The van der Waals surface area contributed by atoms with E-state index in [1.54, 1.807) is 12.1 Å². The van der Waals surface area contributed by atoms with Crippen LogP contribution in [0.2, 0.25) is 0 Å². The molecule has 20 heavy (non-hydrogen) atoms. The Morgan fingerprint density at radius 3 is 2.85 bits per heavy atom. The maximum Gasteiger partial charge on any atom is 0.335 e. The molecule has 0 aromatic heterocycles. The van der Waals surface area contributed by atoms with Gasteiger partial charge in [-0.25, -0.2) is 4.79 Å². The molecule has 104 valence electrons. The summed E-state index contributed by atoms with van der Waals surface area (Å²) < 4.78 is 0. The number of carbonyl (C=O) groups is 3. The van der Waals surface area contributed by atoms with Gasteiger partial charge in [0.15, 0.2) is 0 Å². The van der Waals surface area contributed by atoms with Crippen molar-refractivity contribution in [2.24, 2.45) is 0 Å². The van der Waals surface area contributed by atoms with Gasteiger partial charge in [0.1, 0.15) is 6.54 Å². The minimum absolute atomic E-state index is 0.0925. The number of nitrogens with one attached hydrogen (secondary N) is 1. The first kappa shape index (κ1) is 13.8. The summed E-state index contributed by atoms with van der Waals surface area (Å²) in [6, 6.07) is 4.48. The van der Waals surface area contributed by atoms with Gasteiger partial charge in [0, 0.05) is 12.2 Å². The molecule has 0 saturated heterocycles. The van der Waals surface area contributed by atoms with Crippen LogP contribution < -0.4 is 10.2 Å². The average Bonchev–Trinajstić information content (AvgIpc) is 2.72. The van der Waals surface area contributed by atoms with E-state index in [1.165, 1.54) is 17.0 Å².